The molecule has 0 saturated heterocycles. The number of rotatable bonds is 10. The van der Waals surface area contributed by atoms with E-state index < -0.39 is 5.97 Å². The van der Waals surface area contributed by atoms with Crippen molar-refractivity contribution < 1.29 is 23.7 Å². The van der Waals surface area contributed by atoms with E-state index in [1.54, 1.807) is 26.3 Å². The number of carbonyl (C=O) groups excluding carboxylic acids is 1. The number of esters is 1. The van der Waals surface area contributed by atoms with Gasteiger partial charge in [-0.05, 0) is 46.6 Å². The predicted octanol–water partition coefficient (Wildman–Crippen LogP) is 3.53. The van der Waals surface area contributed by atoms with Gasteiger partial charge >= 0.3 is 5.97 Å². The average Bonchev–Trinajstić information content (AvgIpc) is 2.70. The lowest BCUT2D eigenvalue weighted by molar-refractivity contribution is -0.145. The van der Waals surface area contributed by atoms with Gasteiger partial charge < -0.3 is 24.4 Å². The molecule has 0 spiro atoms. The van der Waals surface area contributed by atoms with Gasteiger partial charge in [0, 0.05) is 5.56 Å². The number of hydrogen-bond donors (Lipinski definition) is 1. The second-order valence-electron chi connectivity index (χ2n) is 5.53. The van der Waals surface area contributed by atoms with E-state index in [4.69, 9.17) is 18.9 Å². The number of carbonyl (C=O) groups is 1. The van der Waals surface area contributed by atoms with Gasteiger partial charge in [0.25, 0.3) is 0 Å². The fourth-order valence-corrected chi connectivity index (χ4v) is 2.96. The number of methoxy groups -OCH3 is 2. The molecule has 0 amide bonds. The van der Waals surface area contributed by atoms with E-state index >= 15 is 0 Å². The smallest absolute Gasteiger partial charge is 0.344 e. The lowest BCUT2D eigenvalue weighted by atomic mass is 10.2. The van der Waals surface area contributed by atoms with Crippen LogP contribution in [0.1, 0.15) is 18.1 Å². The Bertz CT molecular complexity index is 826. The second-order valence-corrected chi connectivity index (χ2v) is 6.39. The number of para-hydroxylation sites is 1. The quantitative estimate of drug-likeness (QED) is 0.338. The van der Waals surface area contributed by atoms with Crippen molar-refractivity contribution in [3.8, 4) is 17.2 Å². The van der Waals surface area contributed by atoms with E-state index in [1.165, 1.54) is 7.11 Å². The molecule has 0 bridgehead atoms. The highest BCUT2D eigenvalue weighted by atomic mass is 79.9. The highest BCUT2D eigenvalue weighted by Gasteiger charge is 2.13. The zero-order valence-electron chi connectivity index (χ0n) is 16.0. The van der Waals surface area contributed by atoms with Crippen LogP contribution in [0.25, 0.3) is 0 Å². The molecule has 0 unspecified atom stereocenters. The Morgan fingerprint density at radius 2 is 1.93 bits per heavy atom. The molecule has 7 nitrogen and oxygen atoms in total. The van der Waals surface area contributed by atoms with Crippen molar-refractivity contribution in [2.24, 2.45) is 5.10 Å². The van der Waals surface area contributed by atoms with Crippen molar-refractivity contribution in [1.82, 2.24) is 5.43 Å². The minimum atomic E-state index is -0.442. The maximum atomic E-state index is 11.5. The Labute approximate surface area is 172 Å². The summed E-state index contributed by atoms with van der Waals surface area (Å²) >= 11 is 3.44. The molecule has 0 aliphatic carbocycles. The Kier molecular flexibility index (Phi) is 8.61. The Balaban J connectivity index is 2.02. The third-order valence-electron chi connectivity index (χ3n) is 3.66. The van der Waals surface area contributed by atoms with Gasteiger partial charge in [0.1, 0.15) is 5.75 Å². The molecular formula is C20H23BrN2O5. The van der Waals surface area contributed by atoms with E-state index in [2.05, 4.69) is 26.5 Å². The van der Waals surface area contributed by atoms with Crippen LogP contribution in [0.3, 0.4) is 0 Å². The topological polar surface area (TPSA) is 78.4 Å². The molecular weight excluding hydrogens is 428 g/mol. The van der Waals surface area contributed by atoms with Gasteiger partial charge in [-0.2, -0.15) is 5.10 Å². The van der Waals surface area contributed by atoms with Crippen LogP contribution in [-0.4, -0.2) is 39.6 Å². The summed E-state index contributed by atoms with van der Waals surface area (Å²) in [5.41, 5.74) is 4.79. The number of nitrogens with one attached hydrogen (secondary N) is 1. The summed E-state index contributed by atoms with van der Waals surface area (Å²) in [6.07, 6.45) is 1.66. The van der Waals surface area contributed by atoms with Gasteiger partial charge in [-0.1, -0.05) is 18.2 Å². The van der Waals surface area contributed by atoms with E-state index in [-0.39, 0.29) is 6.61 Å². The molecule has 0 radical (unpaired) electrons. The van der Waals surface area contributed by atoms with E-state index in [0.717, 1.165) is 16.9 Å². The van der Waals surface area contributed by atoms with Crippen LogP contribution in [0.4, 0.5) is 0 Å². The molecule has 0 atom stereocenters. The van der Waals surface area contributed by atoms with Gasteiger partial charge in [0.05, 0.1) is 38.1 Å². The van der Waals surface area contributed by atoms with Crippen molar-refractivity contribution in [3.63, 3.8) is 0 Å². The minimum absolute atomic E-state index is 0.198. The molecule has 150 valence electrons. The molecule has 8 heteroatoms. The zero-order valence-corrected chi connectivity index (χ0v) is 17.6. The summed E-state index contributed by atoms with van der Waals surface area (Å²) in [4.78, 5) is 11.5. The first-order valence-electron chi connectivity index (χ1n) is 8.62. The minimum Gasteiger partial charge on any atom is -0.496 e. The number of hydrogen-bond acceptors (Lipinski definition) is 7. The molecule has 0 aliphatic heterocycles. The van der Waals surface area contributed by atoms with Gasteiger partial charge in [-0.25, -0.2) is 4.79 Å². The van der Waals surface area contributed by atoms with Crippen LogP contribution in [0, 0.1) is 0 Å². The second kappa shape index (κ2) is 11.2. The fourth-order valence-electron chi connectivity index (χ4n) is 2.39. The van der Waals surface area contributed by atoms with Gasteiger partial charge in [-0.3, -0.25) is 0 Å². The summed E-state index contributed by atoms with van der Waals surface area (Å²) in [7, 11) is 3.16. The van der Waals surface area contributed by atoms with Crippen molar-refractivity contribution in [1.29, 1.82) is 0 Å². The first-order valence-corrected chi connectivity index (χ1v) is 9.42. The first kappa shape index (κ1) is 21.6. The average molecular weight is 451 g/mol. The number of ether oxygens (including phenoxy) is 4. The molecule has 28 heavy (non-hydrogen) atoms. The van der Waals surface area contributed by atoms with Crippen LogP contribution in [0.2, 0.25) is 0 Å². The molecule has 2 rings (SSSR count). The van der Waals surface area contributed by atoms with Gasteiger partial charge in [-0.15, -0.1) is 0 Å². The van der Waals surface area contributed by atoms with Crippen molar-refractivity contribution >= 4 is 28.1 Å². The zero-order chi connectivity index (χ0) is 20.4. The van der Waals surface area contributed by atoms with Crippen LogP contribution >= 0.6 is 15.9 Å². The molecule has 2 aromatic rings. The normalized spacial score (nSPS) is 10.6. The van der Waals surface area contributed by atoms with Crippen molar-refractivity contribution in [3.05, 3.63) is 52.0 Å². The molecule has 0 fully saturated rings. The summed E-state index contributed by atoms with van der Waals surface area (Å²) in [6, 6.07) is 11.3. The van der Waals surface area contributed by atoms with E-state index in [9.17, 15) is 4.79 Å². The first-order chi connectivity index (χ1) is 13.6. The predicted molar refractivity (Wildman–Crippen MR) is 110 cm³/mol. The third-order valence-corrected chi connectivity index (χ3v) is 4.25. The highest BCUT2D eigenvalue weighted by Crippen LogP contribution is 2.36. The van der Waals surface area contributed by atoms with Crippen LogP contribution < -0.4 is 19.6 Å². The monoisotopic (exact) mass is 450 g/mol. The van der Waals surface area contributed by atoms with Crippen LogP contribution in [0.5, 0.6) is 17.2 Å². The summed E-state index contributed by atoms with van der Waals surface area (Å²) in [6.45, 7) is 2.37. The lowest BCUT2D eigenvalue weighted by Gasteiger charge is -2.13. The number of halogens is 1. The Morgan fingerprint density at radius 3 is 2.64 bits per heavy atom. The van der Waals surface area contributed by atoms with Crippen molar-refractivity contribution in [2.75, 3.05) is 27.4 Å². The highest BCUT2D eigenvalue weighted by molar-refractivity contribution is 9.10. The third kappa shape index (κ3) is 6.16. The fraction of sp³-hybridized carbons (Fsp3) is 0.300. The molecule has 1 N–H and O–H groups in total. The maximum absolute atomic E-state index is 11.5. The molecule has 0 saturated carbocycles. The molecule has 2 aromatic carbocycles. The number of nitrogens with zero attached hydrogens (tertiary/aromatic N) is 1. The SMILES string of the molecule is CCOC(=O)COc1c(Br)cc(/C=N/NCc2ccccc2OC)cc1OC. The Hall–Kier alpha value is -2.74. The molecule has 0 aromatic heterocycles. The molecule has 0 heterocycles. The molecule has 0 aliphatic rings. The largest absolute Gasteiger partial charge is 0.496 e. The maximum Gasteiger partial charge on any atom is 0.344 e. The van der Waals surface area contributed by atoms with E-state index in [0.29, 0.717) is 29.1 Å². The summed E-state index contributed by atoms with van der Waals surface area (Å²) in [5.74, 6) is 1.26. The summed E-state index contributed by atoms with van der Waals surface area (Å²) in [5, 5.41) is 4.24. The number of hydrazone groups is 1. The van der Waals surface area contributed by atoms with Crippen molar-refractivity contribution in [2.45, 2.75) is 13.5 Å². The standard InChI is InChI=1S/C20H23BrN2O5/c1-4-27-19(24)13-28-20-16(21)9-14(10-18(20)26-3)11-22-23-12-15-7-5-6-8-17(15)25-2/h5-11,23H,4,12-13H2,1-3H3/b22-11+. The Morgan fingerprint density at radius 1 is 1.18 bits per heavy atom. The van der Waals surface area contributed by atoms with E-state index in [1.807, 2.05) is 30.3 Å². The van der Waals surface area contributed by atoms with Crippen LogP contribution in [0.15, 0.2) is 46.0 Å². The van der Waals surface area contributed by atoms with Crippen LogP contribution in [-0.2, 0) is 16.1 Å². The van der Waals surface area contributed by atoms with Gasteiger partial charge in [0.15, 0.2) is 18.1 Å². The van der Waals surface area contributed by atoms with Gasteiger partial charge in [0.2, 0.25) is 0 Å². The summed E-state index contributed by atoms with van der Waals surface area (Å²) < 4.78 is 21.7. The number of benzene rings is 2. The lowest BCUT2D eigenvalue weighted by Crippen LogP contribution is -2.15.